The maximum Gasteiger partial charge on any atom is 0.254 e. The van der Waals surface area contributed by atoms with Gasteiger partial charge in [-0.2, -0.15) is 0 Å². The second kappa shape index (κ2) is 14.7. The summed E-state index contributed by atoms with van der Waals surface area (Å²) in [4.78, 5) is 49.1. The molecule has 0 aliphatic carbocycles. The molecule has 2 aromatic carbocycles. The lowest BCUT2D eigenvalue weighted by Crippen LogP contribution is -2.49. The molecule has 41 heavy (non-hydrogen) atoms. The summed E-state index contributed by atoms with van der Waals surface area (Å²) in [6.07, 6.45) is 4.49. The number of hydrogen-bond acceptors (Lipinski definition) is 6. The van der Waals surface area contributed by atoms with Crippen molar-refractivity contribution in [1.82, 2.24) is 19.7 Å². The van der Waals surface area contributed by atoms with Gasteiger partial charge < -0.3 is 15.1 Å². The number of aryl methyl sites for hydroxylation is 1. The number of carbonyl (C=O) groups excluding carboxylic acids is 3. The standard InChI is InChI=1S/C32H39N5O3S/c1-24(2)21-37(31(40)27-13-11-25(3)12-14-27)22-29(38)34-32-33-28(23-41-32)20-30(39)36-18-16-35(17-19-36)15-7-10-26-8-5-4-6-9-26/h4-14,23-24H,15-22H2,1-3H3,(H,33,34,38)/b10-7+. The van der Waals surface area contributed by atoms with Crippen LogP contribution in [0.3, 0.4) is 0 Å². The van der Waals surface area contributed by atoms with Crippen LogP contribution in [0.5, 0.6) is 0 Å². The summed E-state index contributed by atoms with van der Waals surface area (Å²) in [5.41, 5.74) is 3.45. The number of thiazole rings is 1. The topological polar surface area (TPSA) is 85.8 Å². The fourth-order valence-electron chi connectivity index (χ4n) is 4.67. The summed E-state index contributed by atoms with van der Waals surface area (Å²) in [6.45, 7) is 10.3. The zero-order valence-electron chi connectivity index (χ0n) is 24.1. The van der Waals surface area contributed by atoms with Gasteiger partial charge in [0.25, 0.3) is 5.91 Å². The zero-order chi connectivity index (χ0) is 29.2. The number of rotatable bonds is 11. The summed E-state index contributed by atoms with van der Waals surface area (Å²) in [7, 11) is 0. The highest BCUT2D eigenvalue weighted by molar-refractivity contribution is 7.13. The number of anilines is 1. The largest absolute Gasteiger partial charge is 0.340 e. The predicted octanol–water partition coefficient (Wildman–Crippen LogP) is 4.59. The highest BCUT2D eigenvalue weighted by Gasteiger charge is 2.23. The molecule has 0 radical (unpaired) electrons. The normalized spacial score (nSPS) is 14.0. The summed E-state index contributed by atoms with van der Waals surface area (Å²) >= 11 is 1.29. The molecule has 9 heteroatoms. The summed E-state index contributed by atoms with van der Waals surface area (Å²) in [5.74, 6) is -0.232. The van der Waals surface area contributed by atoms with E-state index in [0.29, 0.717) is 36.0 Å². The van der Waals surface area contributed by atoms with E-state index in [4.69, 9.17) is 0 Å². The van der Waals surface area contributed by atoms with Crippen LogP contribution in [-0.2, 0) is 16.0 Å². The highest BCUT2D eigenvalue weighted by Crippen LogP contribution is 2.18. The third kappa shape index (κ3) is 9.37. The highest BCUT2D eigenvalue weighted by atomic mass is 32.1. The van der Waals surface area contributed by atoms with Crippen molar-refractivity contribution in [3.05, 3.63) is 88.4 Å². The van der Waals surface area contributed by atoms with Gasteiger partial charge in [-0.15, -0.1) is 11.3 Å². The molecular weight excluding hydrogens is 534 g/mol. The van der Waals surface area contributed by atoms with Crippen LogP contribution in [0.25, 0.3) is 6.08 Å². The molecule has 1 aliphatic rings. The lowest BCUT2D eigenvalue weighted by molar-refractivity contribution is -0.132. The average molecular weight is 574 g/mol. The van der Waals surface area contributed by atoms with Crippen LogP contribution in [0.2, 0.25) is 0 Å². The van der Waals surface area contributed by atoms with Crippen molar-refractivity contribution < 1.29 is 14.4 Å². The van der Waals surface area contributed by atoms with Gasteiger partial charge in [-0.25, -0.2) is 4.98 Å². The van der Waals surface area contributed by atoms with E-state index in [1.165, 1.54) is 16.9 Å². The van der Waals surface area contributed by atoms with E-state index in [2.05, 4.69) is 39.5 Å². The molecule has 3 aromatic rings. The SMILES string of the molecule is Cc1ccc(C(=O)N(CC(=O)Nc2nc(CC(=O)N3CCN(C/C=C/c4ccccc4)CC3)cs2)CC(C)C)cc1. The molecule has 0 saturated carbocycles. The summed E-state index contributed by atoms with van der Waals surface area (Å²) in [5, 5.41) is 5.05. The molecule has 4 rings (SSSR count). The quantitative estimate of drug-likeness (QED) is 0.363. The molecule has 1 aliphatic heterocycles. The van der Waals surface area contributed by atoms with Gasteiger partial charge in [-0.05, 0) is 30.5 Å². The van der Waals surface area contributed by atoms with Crippen molar-refractivity contribution in [2.45, 2.75) is 27.2 Å². The van der Waals surface area contributed by atoms with Crippen LogP contribution in [-0.4, -0.2) is 83.2 Å². The van der Waals surface area contributed by atoms with Crippen LogP contribution in [0, 0.1) is 12.8 Å². The number of hydrogen-bond donors (Lipinski definition) is 1. The van der Waals surface area contributed by atoms with Gasteiger partial charge in [0.2, 0.25) is 11.8 Å². The first-order valence-electron chi connectivity index (χ1n) is 14.1. The Morgan fingerprint density at radius 3 is 2.41 bits per heavy atom. The first kappa shape index (κ1) is 30.1. The Kier molecular flexibility index (Phi) is 10.8. The summed E-state index contributed by atoms with van der Waals surface area (Å²) in [6, 6.07) is 17.6. The lowest BCUT2D eigenvalue weighted by Gasteiger charge is -2.34. The predicted molar refractivity (Wildman–Crippen MR) is 165 cm³/mol. The van der Waals surface area contributed by atoms with Crippen LogP contribution in [0.4, 0.5) is 5.13 Å². The molecule has 1 saturated heterocycles. The van der Waals surface area contributed by atoms with Crippen LogP contribution in [0.1, 0.15) is 41.0 Å². The average Bonchev–Trinajstić information content (AvgIpc) is 3.39. The molecule has 0 spiro atoms. The van der Waals surface area contributed by atoms with Gasteiger partial charge in [0.1, 0.15) is 6.54 Å². The first-order chi connectivity index (χ1) is 19.8. The number of aromatic nitrogens is 1. The van der Waals surface area contributed by atoms with Crippen molar-refractivity contribution in [1.29, 1.82) is 0 Å². The Hall–Kier alpha value is -3.82. The van der Waals surface area contributed by atoms with Gasteiger partial charge >= 0.3 is 0 Å². The number of nitrogens with one attached hydrogen (secondary N) is 1. The van der Waals surface area contributed by atoms with E-state index in [-0.39, 0.29) is 36.6 Å². The van der Waals surface area contributed by atoms with Gasteiger partial charge in [-0.3, -0.25) is 19.3 Å². The smallest absolute Gasteiger partial charge is 0.254 e. The molecule has 1 N–H and O–H groups in total. The Bertz CT molecular complexity index is 1330. The lowest BCUT2D eigenvalue weighted by atomic mass is 10.1. The third-order valence-corrected chi connectivity index (χ3v) is 7.64. The van der Waals surface area contributed by atoms with Crippen molar-refractivity contribution in [2.24, 2.45) is 5.92 Å². The van der Waals surface area contributed by atoms with E-state index in [1.54, 1.807) is 17.0 Å². The van der Waals surface area contributed by atoms with E-state index in [9.17, 15) is 14.4 Å². The van der Waals surface area contributed by atoms with Crippen molar-refractivity contribution in [2.75, 3.05) is 51.1 Å². The minimum atomic E-state index is -0.309. The minimum Gasteiger partial charge on any atom is -0.340 e. The van der Waals surface area contributed by atoms with Crippen LogP contribution in [0.15, 0.2) is 66.1 Å². The molecule has 8 nitrogen and oxygen atoms in total. The van der Waals surface area contributed by atoms with Crippen LogP contribution < -0.4 is 5.32 Å². The fraction of sp³-hybridized carbons (Fsp3) is 0.375. The van der Waals surface area contributed by atoms with Gasteiger partial charge in [-0.1, -0.05) is 74.0 Å². The second-order valence-corrected chi connectivity index (χ2v) is 11.7. The van der Waals surface area contributed by atoms with Gasteiger partial charge in [0.05, 0.1) is 12.1 Å². The molecule has 3 amide bonds. The van der Waals surface area contributed by atoms with E-state index in [0.717, 1.165) is 25.2 Å². The number of carbonyl (C=O) groups is 3. The zero-order valence-corrected chi connectivity index (χ0v) is 24.9. The molecular formula is C32H39N5O3S. The van der Waals surface area contributed by atoms with E-state index >= 15 is 0 Å². The maximum atomic E-state index is 13.1. The Labute approximate surface area is 246 Å². The van der Waals surface area contributed by atoms with E-state index in [1.807, 2.05) is 61.4 Å². The molecule has 0 unspecified atom stereocenters. The Morgan fingerprint density at radius 2 is 1.73 bits per heavy atom. The van der Waals surface area contributed by atoms with Crippen molar-refractivity contribution >= 4 is 40.3 Å². The third-order valence-electron chi connectivity index (χ3n) is 6.83. The van der Waals surface area contributed by atoms with Gasteiger partial charge in [0, 0.05) is 50.2 Å². The fourth-order valence-corrected chi connectivity index (χ4v) is 5.39. The number of benzene rings is 2. The van der Waals surface area contributed by atoms with Crippen molar-refractivity contribution in [3.63, 3.8) is 0 Å². The Morgan fingerprint density at radius 1 is 1.02 bits per heavy atom. The van der Waals surface area contributed by atoms with E-state index < -0.39 is 0 Å². The minimum absolute atomic E-state index is 0.0412. The molecule has 1 aromatic heterocycles. The molecule has 0 atom stereocenters. The first-order valence-corrected chi connectivity index (χ1v) is 15.0. The number of piperazine rings is 1. The Balaban J connectivity index is 1.23. The molecule has 2 heterocycles. The molecule has 0 bridgehead atoms. The van der Waals surface area contributed by atoms with Crippen molar-refractivity contribution in [3.8, 4) is 0 Å². The summed E-state index contributed by atoms with van der Waals surface area (Å²) < 4.78 is 0. The number of nitrogens with zero attached hydrogens (tertiary/aromatic N) is 4. The molecule has 216 valence electrons. The second-order valence-electron chi connectivity index (χ2n) is 10.8. The molecule has 1 fully saturated rings. The van der Waals surface area contributed by atoms with Gasteiger partial charge in [0.15, 0.2) is 5.13 Å². The number of amides is 3. The monoisotopic (exact) mass is 573 g/mol. The van der Waals surface area contributed by atoms with Crippen LogP contribution >= 0.6 is 11.3 Å². The maximum absolute atomic E-state index is 13.1.